The van der Waals surface area contributed by atoms with Crippen LogP contribution in [0.2, 0.25) is 0 Å². The molecule has 1 fully saturated rings. The first-order valence-corrected chi connectivity index (χ1v) is 10.6. The second-order valence-electron chi connectivity index (χ2n) is 7.35. The quantitative estimate of drug-likeness (QED) is 0.499. The molecule has 0 amide bonds. The molecule has 0 bridgehead atoms. The van der Waals surface area contributed by atoms with Gasteiger partial charge in [0.1, 0.15) is 5.40 Å². The number of nitrogens with zero attached hydrogens (tertiary/aromatic N) is 1. The molecule has 0 aliphatic heterocycles. The van der Waals surface area contributed by atoms with Gasteiger partial charge in [-0.05, 0) is 73.5 Å². The second-order valence-corrected chi connectivity index (χ2v) is 9.26. The molecular weight excluding hydrogens is 414 g/mol. The van der Waals surface area contributed by atoms with Crippen LogP contribution >= 0.6 is 27.7 Å². The van der Waals surface area contributed by atoms with Crippen molar-refractivity contribution in [3.63, 3.8) is 0 Å². The second kappa shape index (κ2) is 7.53. The average molecular weight is 438 g/mol. The first-order chi connectivity index (χ1) is 12.4. The number of methoxy groups -OCH3 is 1. The van der Waals surface area contributed by atoms with Crippen LogP contribution in [0, 0.1) is 22.0 Å². The van der Waals surface area contributed by atoms with Gasteiger partial charge in [-0.25, -0.2) is 0 Å². The lowest BCUT2D eigenvalue weighted by Crippen LogP contribution is -2.51. The number of benzene rings is 1. The minimum absolute atomic E-state index is 0.197. The zero-order valence-corrected chi connectivity index (χ0v) is 17.8. The number of thiocyanates is 1. The number of fused-ring (bicyclic) bond motifs is 1. The molecule has 2 aliphatic rings. The number of esters is 1. The van der Waals surface area contributed by atoms with Crippen molar-refractivity contribution in [1.29, 1.82) is 5.26 Å². The van der Waals surface area contributed by atoms with Gasteiger partial charge in [-0.2, -0.15) is 5.26 Å². The van der Waals surface area contributed by atoms with Gasteiger partial charge in [-0.1, -0.05) is 28.9 Å². The number of nitriles is 1. The molecule has 1 aromatic carbocycles. The highest BCUT2D eigenvalue weighted by molar-refractivity contribution is 9.10. The fraction of sp³-hybridized carbons (Fsp3) is 0.600. The Labute approximate surface area is 167 Å². The number of ether oxygens (including phenoxy) is 2. The van der Waals surface area contributed by atoms with Gasteiger partial charge in [-0.3, -0.25) is 4.79 Å². The van der Waals surface area contributed by atoms with E-state index in [1.54, 1.807) is 7.11 Å². The number of rotatable bonds is 4. The predicted octanol–water partition coefficient (Wildman–Crippen LogP) is 4.80. The Morgan fingerprint density at radius 2 is 2.27 bits per heavy atom. The summed E-state index contributed by atoms with van der Waals surface area (Å²) in [5.74, 6) is 0.0334. The van der Waals surface area contributed by atoms with Crippen molar-refractivity contribution in [3.05, 3.63) is 33.8 Å². The number of hydrogen-bond donors (Lipinski definition) is 0. The van der Waals surface area contributed by atoms with E-state index in [4.69, 9.17) is 9.47 Å². The Bertz CT molecular complexity index is 749. The third-order valence-corrected chi connectivity index (χ3v) is 7.76. The van der Waals surface area contributed by atoms with Crippen LogP contribution < -0.4 is 0 Å². The summed E-state index contributed by atoms with van der Waals surface area (Å²) in [6.45, 7) is 4.31. The van der Waals surface area contributed by atoms with Crippen LogP contribution in [0.4, 0.5) is 0 Å². The van der Waals surface area contributed by atoms with Gasteiger partial charge in [0.25, 0.3) is 0 Å². The zero-order chi connectivity index (χ0) is 18.9. The van der Waals surface area contributed by atoms with Crippen LogP contribution in [-0.4, -0.2) is 25.8 Å². The van der Waals surface area contributed by atoms with Gasteiger partial charge in [-0.15, -0.1) is 0 Å². The Hall–Kier alpha value is -1.03. The van der Waals surface area contributed by atoms with Crippen LogP contribution in [0.1, 0.15) is 44.2 Å². The lowest BCUT2D eigenvalue weighted by atomic mass is 9.62. The maximum Gasteiger partial charge on any atom is 0.328 e. The lowest BCUT2D eigenvalue weighted by molar-refractivity contribution is -0.152. The van der Waals surface area contributed by atoms with E-state index in [0.29, 0.717) is 12.5 Å². The smallest absolute Gasteiger partial charge is 0.328 e. The Kier molecular flexibility index (Phi) is 5.72. The summed E-state index contributed by atoms with van der Waals surface area (Å²) < 4.78 is 11.1. The number of halogens is 1. The summed E-state index contributed by atoms with van der Waals surface area (Å²) in [5.41, 5.74) is 1.75. The minimum atomic E-state index is -0.982. The standard InChI is InChI=1S/C20H24BrNO3S/c1-4-25-18(23)20(26-12-22)16-9-15(21)6-5-14(16)11-19(20)8-7-17(24-3)13(2)10-19/h5-6,9,13,17H,4,7-8,10-11H2,1-3H3/t13-,17-,19-,20+/m0/s1. The Morgan fingerprint density at radius 1 is 1.50 bits per heavy atom. The van der Waals surface area contributed by atoms with E-state index in [2.05, 4.69) is 34.3 Å². The first-order valence-electron chi connectivity index (χ1n) is 9.00. The molecule has 0 aromatic heterocycles. The largest absolute Gasteiger partial charge is 0.465 e. The lowest BCUT2D eigenvalue weighted by Gasteiger charge is -2.48. The molecule has 0 heterocycles. The van der Waals surface area contributed by atoms with Gasteiger partial charge < -0.3 is 9.47 Å². The van der Waals surface area contributed by atoms with Crippen molar-refractivity contribution in [3.8, 4) is 5.40 Å². The maximum absolute atomic E-state index is 13.3. The molecule has 4 atom stereocenters. The molecule has 140 valence electrons. The van der Waals surface area contributed by atoms with E-state index < -0.39 is 4.75 Å². The number of thioether (sulfide) groups is 1. The van der Waals surface area contributed by atoms with Crippen LogP contribution in [0.5, 0.6) is 0 Å². The maximum atomic E-state index is 13.3. The fourth-order valence-electron chi connectivity index (χ4n) is 5.02. The van der Waals surface area contributed by atoms with E-state index >= 15 is 0 Å². The SMILES string of the molecule is CCOC(=O)[C@]1(SC#N)c2cc(Br)ccc2C[C@@]12CC[C@H](OC)[C@@H](C)C2. The summed E-state index contributed by atoms with van der Waals surface area (Å²) in [6.07, 6.45) is 3.56. The predicted molar refractivity (Wildman–Crippen MR) is 106 cm³/mol. The average Bonchev–Trinajstić information content (AvgIpc) is 2.86. The van der Waals surface area contributed by atoms with E-state index in [0.717, 1.165) is 53.0 Å². The molecule has 2 aliphatic carbocycles. The molecule has 26 heavy (non-hydrogen) atoms. The normalized spacial score (nSPS) is 32.9. The van der Waals surface area contributed by atoms with Crippen molar-refractivity contribution >= 4 is 33.7 Å². The third-order valence-electron chi connectivity index (χ3n) is 6.05. The van der Waals surface area contributed by atoms with Gasteiger partial charge in [0.05, 0.1) is 12.7 Å². The van der Waals surface area contributed by atoms with E-state index in [1.165, 1.54) is 0 Å². The minimum Gasteiger partial charge on any atom is -0.465 e. The van der Waals surface area contributed by atoms with Crippen LogP contribution in [0.15, 0.2) is 22.7 Å². The van der Waals surface area contributed by atoms with E-state index in [1.807, 2.05) is 19.1 Å². The van der Waals surface area contributed by atoms with Gasteiger partial charge in [0.2, 0.25) is 0 Å². The van der Waals surface area contributed by atoms with Crippen molar-refractivity contribution in [2.24, 2.45) is 11.3 Å². The Balaban J connectivity index is 2.18. The van der Waals surface area contributed by atoms with Crippen molar-refractivity contribution in [2.75, 3.05) is 13.7 Å². The van der Waals surface area contributed by atoms with Crippen molar-refractivity contribution in [2.45, 2.75) is 50.4 Å². The summed E-state index contributed by atoms with van der Waals surface area (Å²) >= 11 is 4.61. The molecular formula is C20H24BrNO3S. The molecule has 6 heteroatoms. The topological polar surface area (TPSA) is 59.3 Å². The highest BCUT2D eigenvalue weighted by atomic mass is 79.9. The molecule has 0 N–H and O–H groups in total. The Morgan fingerprint density at radius 3 is 2.88 bits per heavy atom. The summed E-state index contributed by atoms with van der Waals surface area (Å²) in [5, 5.41) is 11.9. The van der Waals surface area contributed by atoms with Crippen LogP contribution in [0.25, 0.3) is 0 Å². The van der Waals surface area contributed by atoms with Crippen LogP contribution in [-0.2, 0) is 25.4 Å². The molecule has 0 saturated heterocycles. The highest BCUT2D eigenvalue weighted by Crippen LogP contribution is 2.65. The molecule has 1 spiro atoms. The van der Waals surface area contributed by atoms with E-state index in [-0.39, 0.29) is 17.5 Å². The molecule has 0 unspecified atom stereocenters. The molecule has 4 nitrogen and oxygen atoms in total. The number of carbonyl (C=O) groups is 1. The van der Waals surface area contributed by atoms with E-state index in [9.17, 15) is 10.1 Å². The fourth-order valence-corrected chi connectivity index (χ4v) is 6.44. The monoisotopic (exact) mass is 437 g/mol. The third kappa shape index (κ3) is 2.89. The molecule has 0 radical (unpaired) electrons. The highest BCUT2D eigenvalue weighted by Gasteiger charge is 2.65. The van der Waals surface area contributed by atoms with Crippen LogP contribution in [0.3, 0.4) is 0 Å². The zero-order valence-electron chi connectivity index (χ0n) is 15.4. The van der Waals surface area contributed by atoms with Gasteiger partial charge in [0, 0.05) is 17.0 Å². The number of hydrogen-bond acceptors (Lipinski definition) is 5. The molecule has 3 rings (SSSR count). The van der Waals surface area contributed by atoms with Gasteiger partial charge >= 0.3 is 5.97 Å². The number of carbonyl (C=O) groups excluding carboxylic acids is 1. The summed E-state index contributed by atoms with van der Waals surface area (Å²) in [7, 11) is 1.75. The molecule has 1 aromatic rings. The summed E-state index contributed by atoms with van der Waals surface area (Å²) in [6, 6.07) is 6.08. The summed E-state index contributed by atoms with van der Waals surface area (Å²) in [4.78, 5) is 13.3. The first kappa shape index (κ1) is 19.7. The van der Waals surface area contributed by atoms with Crippen molar-refractivity contribution < 1.29 is 14.3 Å². The van der Waals surface area contributed by atoms with Crippen molar-refractivity contribution in [1.82, 2.24) is 0 Å². The van der Waals surface area contributed by atoms with Gasteiger partial charge in [0.15, 0.2) is 4.75 Å². The molecule has 1 saturated carbocycles.